The standard InChI is InChI=1S/C13H12N2/c1-10(2)13-5-3-11(4-6-13)7-12(8-14)9-15/h3-7,10H,1-2H3. The van der Waals surface area contributed by atoms with Gasteiger partial charge in [0.2, 0.25) is 0 Å². The van der Waals surface area contributed by atoms with Gasteiger partial charge >= 0.3 is 0 Å². The summed E-state index contributed by atoms with van der Waals surface area (Å²) >= 11 is 0. The first-order valence-electron chi connectivity index (χ1n) is 4.79. The SMILES string of the molecule is CC(C)c1ccc(C=C(C#N)C#N)cc1. The van der Waals surface area contributed by atoms with Gasteiger partial charge < -0.3 is 0 Å². The van der Waals surface area contributed by atoms with Crippen LogP contribution in [0.5, 0.6) is 0 Å². The predicted molar refractivity (Wildman–Crippen MR) is 59.7 cm³/mol. The van der Waals surface area contributed by atoms with Crippen molar-refractivity contribution in [1.29, 1.82) is 10.5 Å². The van der Waals surface area contributed by atoms with E-state index in [9.17, 15) is 0 Å². The molecule has 0 aromatic heterocycles. The van der Waals surface area contributed by atoms with Crippen molar-refractivity contribution in [2.24, 2.45) is 0 Å². The van der Waals surface area contributed by atoms with Gasteiger partial charge in [0, 0.05) is 0 Å². The molecule has 2 nitrogen and oxygen atoms in total. The molecule has 0 saturated carbocycles. The molecule has 74 valence electrons. The average molecular weight is 196 g/mol. The fourth-order valence-electron chi connectivity index (χ4n) is 1.23. The highest BCUT2D eigenvalue weighted by atomic mass is 14.3. The minimum atomic E-state index is 0.132. The molecule has 0 fully saturated rings. The summed E-state index contributed by atoms with van der Waals surface area (Å²) in [5.74, 6) is 0.495. The van der Waals surface area contributed by atoms with Crippen molar-refractivity contribution >= 4 is 6.08 Å². The monoisotopic (exact) mass is 196 g/mol. The molecular formula is C13H12N2. The number of rotatable bonds is 2. The van der Waals surface area contributed by atoms with E-state index in [2.05, 4.69) is 13.8 Å². The summed E-state index contributed by atoms with van der Waals surface area (Å²) in [6.07, 6.45) is 1.59. The van der Waals surface area contributed by atoms with Crippen LogP contribution in [0, 0.1) is 22.7 Å². The first-order chi connectivity index (χ1) is 7.17. The van der Waals surface area contributed by atoms with Crippen LogP contribution in [-0.2, 0) is 0 Å². The Hall–Kier alpha value is -2.06. The second-order valence-corrected chi connectivity index (χ2v) is 3.60. The summed E-state index contributed by atoms with van der Waals surface area (Å²) < 4.78 is 0. The lowest BCUT2D eigenvalue weighted by molar-refractivity contribution is 0.866. The number of hydrogen-bond donors (Lipinski definition) is 0. The summed E-state index contributed by atoms with van der Waals surface area (Å²) in [5, 5.41) is 17.2. The van der Waals surface area contributed by atoms with Crippen LogP contribution >= 0.6 is 0 Å². The van der Waals surface area contributed by atoms with E-state index in [1.165, 1.54) is 5.56 Å². The van der Waals surface area contributed by atoms with Crippen LogP contribution in [0.2, 0.25) is 0 Å². The molecule has 0 saturated heterocycles. The third kappa shape index (κ3) is 2.97. The van der Waals surface area contributed by atoms with Crippen molar-refractivity contribution in [3.05, 3.63) is 41.0 Å². The second kappa shape index (κ2) is 4.98. The molecule has 0 aliphatic rings. The van der Waals surface area contributed by atoms with E-state index in [1.54, 1.807) is 6.08 Å². The largest absolute Gasteiger partial charge is 0.192 e. The zero-order chi connectivity index (χ0) is 11.3. The van der Waals surface area contributed by atoms with Gasteiger partial charge in [0.1, 0.15) is 17.7 Å². The Balaban J connectivity index is 2.97. The molecule has 0 spiro atoms. The van der Waals surface area contributed by atoms with Crippen molar-refractivity contribution in [2.45, 2.75) is 19.8 Å². The number of allylic oxidation sites excluding steroid dienone is 1. The number of benzene rings is 1. The molecule has 0 unspecified atom stereocenters. The van der Waals surface area contributed by atoms with E-state index in [1.807, 2.05) is 36.4 Å². The molecule has 15 heavy (non-hydrogen) atoms. The van der Waals surface area contributed by atoms with Gasteiger partial charge in [-0.2, -0.15) is 10.5 Å². The van der Waals surface area contributed by atoms with Crippen LogP contribution in [-0.4, -0.2) is 0 Å². The lowest BCUT2D eigenvalue weighted by Crippen LogP contribution is -1.86. The number of nitrogens with zero attached hydrogens (tertiary/aromatic N) is 2. The van der Waals surface area contributed by atoms with Gasteiger partial charge in [-0.05, 0) is 23.1 Å². The summed E-state index contributed by atoms with van der Waals surface area (Å²) in [4.78, 5) is 0. The van der Waals surface area contributed by atoms with Gasteiger partial charge in [0.15, 0.2) is 0 Å². The minimum Gasteiger partial charge on any atom is -0.192 e. The lowest BCUT2D eigenvalue weighted by atomic mass is 10.0. The average Bonchev–Trinajstić information content (AvgIpc) is 2.26. The van der Waals surface area contributed by atoms with Crippen LogP contribution in [0.3, 0.4) is 0 Å². The normalized spacial score (nSPS) is 9.13. The highest BCUT2D eigenvalue weighted by Crippen LogP contribution is 2.15. The van der Waals surface area contributed by atoms with E-state index < -0.39 is 0 Å². The topological polar surface area (TPSA) is 47.6 Å². The molecule has 0 amide bonds. The fourth-order valence-corrected chi connectivity index (χ4v) is 1.23. The highest BCUT2D eigenvalue weighted by molar-refractivity contribution is 5.62. The zero-order valence-corrected chi connectivity index (χ0v) is 8.86. The van der Waals surface area contributed by atoms with Crippen molar-refractivity contribution in [2.75, 3.05) is 0 Å². The van der Waals surface area contributed by atoms with E-state index in [0.29, 0.717) is 5.92 Å². The van der Waals surface area contributed by atoms with Gasteiger partial charge in [-0.15, -0.1) is 0 Å². The van der Waals surface area contributed by atoms with Gasteiger partial charge in [0.05, 0.1) is 0 Å². The molecule has 1 aromatic rings. The van der Waals surface area contributed by atoms with Crippen molar-refractivity contribution in [3.8, 4) is 12.1 Å². The van der Waals surface area contributed by atoms with E-state index in [4.69, 9.17) is 10.5 Å². The molecular weight excluding hydrogens is 184 g/mol. The quantitative estimate of drug-likeness (QED) is 0.682. The highest BCUT2D eigenvalue weighted by Gasteiger charge is 1.98. The molecule has 0 aliphatic heterocycles. The first kappa shape index (κ1) is 11.0. The molecule has 0 radical (unpaired) electrons. The molecule has 0 atom stereocenters. The Labute approximate surface area is 90.1 Å². The molecule has 0 heterocycles. The molecule has 2 heteroatoms. The third-order valence-electron chi connectivity index (χ3n) is 2.16. The van der Waals surface area contributed by atoms with E-state index in [-0.39, 0.29) is 5.57 Å². The predicted octanol–water partition coefficient (Wildman–Crippen LogP) is 3.24. The molecule has 1 rings (SSSR count). The first-order valence-corrected chi connectivity index (χ1v) is 4.79. The zero-order valence-electron chi connectivity index (χ0n) is 8.86. The fraction of sp³-hybridized carbons (Fsp3) is 0.231. The smallest absolute Gasteiger partial charge is 0.130 e. The second-order valence-electron chi connectivity index (χ2n) is 3.60. The molecule has 0 aliphatic carbocycles. The van der Waals surface area contributed by atoms with E-state index in [0.717, 1.165) is 5.56 Å². The Bertz CT molecular complexity index is 423. The van der Waals surface area contributed by atoms with Crippen LogP contribution in [0.4, 0.5) is 0 Å². The van der Waals surface area contributed by atoms with Gasteiger partial charge in [-0.25, -0.2) is 0 Å². The lowest BCUT2D eigenvalue weighted by Gasteiger charge is -2.04. The van der Waals surface area contributed by atoms with Gasteiger partial charge in [-0.3, -0.25) is 0 Å². The Morgan fingerprint density at radius 2 is 1.67 bits per heavy atom. The molecule has 0 N–H and O–H groups in total. The Morgan fingerprint density at radius 1 is 1.13 bits per heavy atom. The van der Waals surface area contributed by atoms with Crippen molar-refractivity contribution < 1.29 is 0 Å². The van der Waals surface area contributed by atoms with Gasteiger partial charge in [-0.1, -0.05) is 38.1 Å². The maximum atomic E-state index is 8.59. The van der Waals surface area contributed by atoms with Crippen LogP contribution in [0.1, 0.15) is 30.9 Å². The van der Waals surface area contributed by atoms with Gasteiger partial charge in [0.25, 0.3) is 0 Å². The maximum Gasteiger partial charge on any atom is 0.130 e. The van der Waals surface area contributed by atoms with Crippen LogP contribution in [0.25, 0.3) is 6.08 Å². The summed E-state index contributed by atoms with van der Waals surface area (Å²) in [6.45, 7) is 4.25. The van der Waals surface area contributed by atoms with Crippen molar-refractivity contribution in [3.63, 3.8) is 0 Å². The number of hydrogen-bond acceptors (Lipinski definition) is 2. The molecule has 1 aromatic carbocycles. The molecule has 0 bridgehead atoms. The summed E-state index contributed by atoms with van der Waals surface area (Å²) in [7, 11) is 0. The van der Waals surface area contributed by atoms with Crippen LogP contribution in [0.15, 0.2) is 29.8 Å². The van der Waals surface area contributed by atoms with Crippen molar-refractivity contribution in [1.82, 2.24) is 0 Å². The maximum absolute atomic E-state index is 8.59. The number of nitriles is 2. The Morgan fingerprint density at radius 3 is 2.07 bits per heavy atom. The Kier molecular flexibility index (Phi) is 3.66. The van der Waals surface area contributed by atoms with Crippen LogP contribution < -0.4 is 0 Å². The minimum absolute atomic E-state index is 0.132. The summed E-state index contributed by atoms with van der Waals surface area (Å²) in [5.41, 5.74) is 2.27. The van der Waals surface area contributed by atoms with E-state index >= 15 is 0 Å². The summed E-state index contributed by atoms with van der Waals surface area (Å²) in [6, 6.07) is 11.5. The third-order valence-corrected chi connectivity index (χ3v) is 2.16.